The average Bonchev–Trinajstić information content (AvgIpc) is 2.83. The van der Waals surface area contributed by atoms with Gasteiger partial charge in [-0.2, -0.15) is 0 Å². The fourth-order valence-corrected chi connectivity index (χ4v) is 3.72. The van der Waals surface area contributed by atoms with Crippen LogP contribution in [0.25, 0.3) is 22.2 Å². The van der Waals surface area contributed by atoms with Crippen molar-refractivity contribution in [3.8, 4) is 17.0 Å². The van der Waals surface area contributed by atoms with Gasteiger partial charge in [0.25, 0.3) is 0 Å². The van der Waals surface area contributed by atoms with E-state index < -0.39 is 0 Å². The molecule has 1 saturated carbocycles. The van der Waals surface area contributed by atoms with Gasteiger partial charge in [-0.3, -0.25) is 4.98 Å². The number of hydrogen-bond donors (Lipinski definition) is 0. The molecule has 0 bridgehead atoms. The molecule has 0 unspecified atom stereocenters. The second kappa shape index (κ2) is 7.09. The lowest BCUT2D eigenvalue weighted by atomic mass is 9.85. The smallest absolute Gasteiger partial charge is 0.118 e. The van der Waals surface area contributed by atoms with Crippen LogP contribution in [0.15, 0.2) is 36.5 Å². The monoisotopic (exact) mass is 356 g/mol. The van der Waals surface area contributed by atoms with Gasteiger partial charge in [0.05, 0.1) is 18.3 Å². The van der Waals surface area contributed by atoms with E-state index in [4.69, 9.17) is 9.72 Å². The molecule has 4 heteroatoms. The Morgan fingerprint density at radius 3 is 2.44 bits per heavy atom. The summed E-state index contributed by atoms with van der Waals surface area (Å²) in [7, 11) is 1.70. The largest absolute Gasteiger partial charge is 0.497 e. The van der Waals surface area contributed by atoms with Crippen LogP contribution in [0.5, 0.6) is 5.75 Å². The van der Waals surface area contributed by atoms with E-state index in [0.29, 0.717) is 0 Å². The third-order valence-electron chi connectivity index (χ3n) is 5.57. The quantitative estimate of drug-likeness (QED) is 0.612. The van der Waals surface area contributed by atoms with Gasteiger partial charge in [-0.05, 0) is 68.5 Å². The molecule has 1 aliphatic rings. The van der Waals surface area contributed by atoms with Crippen LogP contribution in [0.2, 0.25) is 0 Å². The van der Waals surface area contributed by atoms with Gasteiger partial charge in [-0.1, -0.05) is 6.42 Å². The summed E-state index contributed by atoms with van der Waals surface area (Å²) in [5, 5.41) is 1.33. The molecule has 3 aromatic rings. The molecular weight excluding hydrogens is 332 g/mol. The number of halogens is 1. The molecule has 1 aliphatic carbocycles. The zero-order valence-electron chi connectivity index (χ0n) is 15.1. The van der Waals surface area contributed by atoms with Crippen molar-refractivity contribution >= 4 is 23.3 Å². The zero-order valence-corrected chi connectivity index (χ0v) is 15.9. The minimum absolute atomic E-state index is 0. The summed E-state index contributed by atoms with van der Waals surface area (Å²) in [6, 6.07) is 10.4. The van der Waals surface area contributed by atoms with Crippen molar-refractivity contribution < 1.29 is 4.74 Å². The Bertz CT molecular complexity index is 879. The van der Waals surface area contributed by atoms with E-state index in [1.54, 1.807) is 7.11 Å². The highest BCUT2D eigenvalue weighted by atomic mass is 35.5. The summed E-state index contributed by atoms with van der Waals surface area (Å²) in [5.41, 5.74) is 6.25. The minimum Gasteiger partial charge on any atom is -0.497 e. The van der Waals surface area contributed by atoms with E-state index in [1.165, 1.54) is 41.4 Å². The molecule has 0 N–H and O–H groups in total. The van der Waals surface area contributed by atoms with Gasteiger partial charge in [0.2, 0.25) is 0 Å². The molecule has 0 saturated heterocycles. The van der Waals surface area contributed by atoms with Gasteiger partial charge in [-0.15, -0.1) is 12.4 Å². The fraction of sp³-hybridized carbons (Fsp3) is 0.381. The first-order valence-corrected chi connectivity index (χ1v) is 8.78. The van der Waals surface area contributed by atoms with Crippen molar-refractivity contribution in [1.82, 2.24) is 9.55 Å². The number of fused-ring (bicyclic) bond motifs is 1. The Morgan fingerprint density at radius 2 is 1.84 bits per heavy atom. The summed E-state index contributed by atoms with van der Waals surface area (Å²) < 4.78 is 7.79. The van der Waals surface area contributed by atoms with Gasteiger partial charge in [0.15, 0.2) is 0 Å². The summed E-state index contributed by atoms with van der Waals surface area (Å²) in [5.74, 6) is 1.70. The highest BCUT2D eigenvalue weighted by Crippen LogP contribution is 2.36. The Labute approximate surface area is 155 Å². The van der Waals surface area contributed by atoms with E-state index in [1.807, 2.05) is 18.3 Å². The molecule has 2 heterocycles. The van der Waals surface area contributed by atoms with Gasteiger partial charge >= 0.3 is 0 Å². The third kappa shape index (κ3) is 3.02. The maximum absolute atomic E-state index is 5.29. The van der Waals surface area contributed by atoms with E-state index in [0.717, 1.165) is 29.5 Å². The maximum Gasteiger partial charge on any atom is 0.118 e. The molecule has 3 nitrogen and oxygen atoms in total. The lowest BCUT2D eigenvalue weighted by Gasteiger charge is -2.27. The van der Waals surface area contributed by atoms with Crippen LogP contribution in [0.4, 0.5) is 0 Å². The van der Waals surface area contributed by atoms with Crippen molar-refractivity contribution in [3.63, 3.8) is 0 Å². The molecule has 132 valence electrons. The second-order valence-electron chi connectivity index (χ2n) is 6.90. The summed E-state index contributed by atoms with van der Waals surface area (Å²) >= 11 is 0. The number of rotatable bonds is 4. The van der Waals surface area contributed by atoms with Crippen LogP contribution in [0.1, 0.15) is 30.5 Å². The van der Waals surface area contributed by atoms with Gasteiger partial charge in [-0.25, -0.2) is 0 Å². The summed E-state index contributed by atoms with van der Waals surface area (Å²) in [6.45, 7) is 5.59. The van der Waals surface area contributed by atoms with Gasteiger partial charge in [0, 0.05) is 29.4 Å². The molecule has 0 aliphatic heterocycles. The Morgan fingerprint density at radius 1 is 1.12 bits per heavy atom. The lowest BCUT2D eigenvalue weighted by molar-refractivity contribution is 0.278. The minimum atomic E-state index is 0. The normalized spacial score (nSPS) is 14.2. The molecular formula is C21H25ClN2O. The molecule has 0 amide bonds. The fourth-order valence-electron chi connectivity index (χ4n) is 3.72. The summed E-state index contributed by atoms with van der Waals surface area (Å²) in [4.78, 5) is 4.74. The number of nitrogens with zero attached hydrogens (tertiary/aromatic N) is 2. The van der Waals surface area contributed by atoms with E-state index in [9.17, 15) is 0 Å². The molecule has 4 rings (SSSR count). The van der Waals surface area contributed by atoms with Crippen molar-refractivity contribution in [3.05, 3.63) is 47.8 Å². The predicted octanol–water partition coefficient (Wildman–Crippen LogP) is 5.55. The number of aryl methyl sites for hydroxylation is 1. The first kappa shape index (κ1) is 17.8. The van der Waals surface area contributed by atoms with E-state index in [2.05, 4.69) is 36.6 Å². The number of pyridine rings is 1. The molecule has 1 fully saturated rings. The third-order valence-corrected chi connectivity index (χ3v) is 5.57. The Kier molecular flexibility index (Phi) is 5.05. The van der Waals surface area contributed by atoms with Crippen LogP contribution in [0.3, 0.4) is 0 Å². The van der Waals surface area contributed by atoms with Crippen LogP contribution < -0.4 is 4.74 Å². The van der Waals surface area contributed by atoms with Crippen LogP contribution in [-0.2, 0) is 6.54 Å². The van der Waals surface area contributed by atoms with Crippen molar-refractivity contribution in [2.75, 3.05) is 7.11 Å². The van der Waals surface area contributed by atoms with Crippen LogP contribution >= 0.6 is 12.4 Å². The van der Waals surface area contributed by atoms with E-state index >= 15 is 0 Å². The highest BCUT2D eigenvalue weighted by molar-refractivity contribution is 5.95. The first-order chi connectivity index (χ1) is 11.7. The summed E-state index contributed by atoms with van der Waals surface area (Å²) in [6.07, 6.45) is 6.03. The topological polar surface area (TPSA) is 27.1 Å². The maximum atomic E-state index is 5.29. The molecule has 0 atom stereocenters. The molecule has 0 spiro atoms. The van der Waals surface area contributed by atoms with Crippen LogP contribution in [-0.4, -0.2) is 16.7 Å². The molecule has 2 aromatic heterocycles. The first-order valence-electron chi connectivity index (χ1n) is 8.78. The van der Waals surface area contributed by atoms with Gasteiger partial charge in [0.1, 0.15) is 5.75 Å². The zero-order chi connectivity index (χ0) is 16.7. The number of aromatic nitrogens is 2. The second-order valence-corrected chi connectivity index (χ2v) is 6.90. The number of benzene rings is 1. The molecule has 1 aromatic carbocycles. The van der Waals surface area contributed by atoms with Gasteiger partial charge < -0.3 is 9.30 Å². The predicted molar refractivity (Wildman–Crippen MR) is 106 cm³/mol. The number of hydrogen-bond acceptors (Lipinski definition) is 2. The SMILES string of the molecule is COc1ccc(-c2nccc3c(C)c(C)n(CC4CCC4)c23)cc1.Cl. The van der Waals surface area contributed by atoms with E-state index in [-0.39, 0.29) is 12.4 Å². The van der Waals surface area contributed by atoms with Crippen molar-refractivity contribution in [2.24, 2.45) is 5.92 Å². The molecule has 25 heavy (non-hydrogen) atoms. The van der Waals surface area contributed by atoms with Crippen LogP contribution in [0, 0.1) is 19.8 Å². The number of methoxy groups -OCH3 is 1. The average molecular weight is 357 g/mol. The lowest BCUT2D eigenvalue weighted by Crippen LogP contribution is -2.18. The van der Waals surface area contributed by atoms with Crippen molar-refractivity contribution in [2.45, 2.75) is 39.7 Å². The standard InChI is InChI=1S/C21H24N2O.ClH/c1-14-15(2)23(13-16-5-4-6-16)21-19(14)11-12-22-20(21)17-7-9-18(24-3)10-8-17;/h7-12,16H,4-6,13H2,1-3H3;1H. The highest BCUT2D eigenvalue weighted by Gasteiger charge is 2.22. The molecule has 0 radical (unpaired) electrons. The Balaban J connectivity index is 0.00000182. The Hall–Kier alpha value is -2.00. The number of ether oxygens (including phenoxy) is 1. The van der Waals surface area contributed by atoms with Crippen molar-refractivity contribution in [1.29, 1.82) is 0 Å².